The van der Waals surface area contributed by atoms with Crippen molar-refractivity contribution in [3.63, 3.8) is 0 Å². The summed E-state index contributed by atoms with van der Waals surface area (Å²) in [6.07, 6.45) is 15.9. The molecule has 0 aromatic heterocycles. The third-order valence-corrected chi connectivity index (χ3v) is 10.2. The molecule has 8 atom stereocenters. The molecule has 4 aliphatic rings. The molecule has 0 saturated heterocycles. The number of hydrogen-bond donors (Lipinski definition) is 1. The number of rotatable bonds is 4. The zero-order valence-electron chi connectivity index (χ0n) is 18.6. The smallest absolute Gasteiger partial charge is 0.0886 e. The average molecular weight is 373 g/mol. The first-order valence-corrected chi connectivity index (χ1v) is 12.2. The Kier molecular flexibility index (Phi) is 5.22. The molecule has 3 saturated carbocycles. The van der Waals surface area contributed by atoms with Gasteiger partial charge in [-0.25, -0.2) is 0 Å². The van der Waals surface area contributed by atoms with Crippen LogP contribution in [0, 0.1) is 52.3 Å². The van der Waals surface area contributed by atoms with Gasteiger partial charge in [-0.3, -0.25) is 0 Å². The summed E-state index contributed by atoms with van der Waals surface area (Å²) in [6, 6.07) is 0. The summed E-state index contributed by atoms with van der Waals surface area (Å²) < 4.78 is 0. The molecule has 1 N–H and O–H groups in total. The second-order valence-electron chi connectivity index (χ2n) is 11.9. The largest absolute Gasteiger partial charge is 0.513 e. The van der Waals surface area contributed by atoms with Crippen LogP contribution in [0.3, 0.4) is 0 Å². The summed E-state index contributed by atoms with van der Waals surface area (Å²) in [5.74, 6) is 6.86. The molecule has 4 rings (SSSR count). The Morgan fingerprint density at radius 1 is 0.926 bits per heavy atom. The normalized spacial score (nSPS) is 47.8. The van der Waals surface area contributed by atoms with Gasteiger partial charge in [-0.15, -0.1) is 0 Å². The fourth-order valence-corrected chi connectivity index (χ4v) is 8.62. The number of aliphatic hydroxyl groups excluding tert-OH is 1. The van der Waals surface area contributed by atoms with Crippen LogP contribution in [0.25, 0.3) is 0 Å². The molecule has 3 fully saturated rings. The van der Waals surface area contributed by atoms with Crippen molar-refractivity contribution in [3.05, 3.63) is 11.8 Å². The maximum absolute atomic E-state index is 10.1. The third-order valence-electron chi connectivity index (χ3n) is 10.2. The fourth-order valence-electron chi connectivity index (χ4n) is 8.62. The van der Waals surface area contributed by atoms with Crippen LogP contribution in [0.2, 0.25) is 0 Å². The summed E-state index contributed by atoms with van der Waals surface area (Å²) in [5.41, 5.74) is 1.06. The summed E-state index contributed by atoms with van der Waals surface area (Å²) >= 11 is 0. The molecule has 4 aliphatic carbocycles. The van der Waals surface area contributed by atoms with Crippen molar-refractivity contribution >= 4 is 0 Å². The highest BCUT2D eigenvalue weighted by atomic mass is 16.3. The van der Waals surface area contributed by atoms with Gasteiger partial charge >= 0.3 is 0 Å². The molecule has 1 nitrogen and oxygen atoms in total. The molecule has 0 spiro atoms. The van der Waals surface area contributed by atoms with Gasteiger partial charge in [0.1, 0.15) is 0 Å². The van der Waals surface area contributed by atoms with E-state index in [1.54, 1.807) is 0 Å². The van der Waals surface area contributed by atoms with Crippen molar-refractivity contribution in [2.75, 3.05) is 0 Å². The molecule has 154 valence electrons. The van der Waals surface area contributed by atoms with Crippen LogP contribution in [0.1, 0.15) is 98.8 Å². The zero-order chi connectivity index (χ0) is 19.4. The summed E-state index contributed by atoms with van der Waals surface area (Å²) in [7, 11) is 0. The van der Waals surface area contributed by atoms with E-state index in [4.69, 9.17) is 0 Å². The van der Waals surface area contributed by atoms with Crippen molar-refractivity contribution in [2.24, 2.45) is 52.3 Å². The van der Waals surface area contributed by atoms with Crippen LogP contribution in [-0.4, -0.2) is 5.11 Å². The molecule has 4 unspecified atom stereocenters. The molecule has 27 heavy (non-hydrogen) atoms. The Morgan fingerprint density at radius 3 is 2.41 bits per heavy atom. The molecule has 0 aromatic carbocycles. The Balaban J connectivity index is 1.52. The zero-order valence-corrected chi connectivity index (χ0v) is 18.6. The van der Waals surface area contributed by atoms with E-state index in [0.29, 0.717) is 22.5 Å². The van der Waals surface area contributed by atoms with Gasteiger partial charge in [-0.1, -0.05) is 47.5 Å². The summed E-state index contributed by atoms with van der Waals surface area (Å²) in [4.78, 5) is 0. The molecule has 0 aromatic rings. The van der Waals surface area contributed by atoms with E-state index in [9.17, 15) is 5.11 Å². The Bertz CT molecular complexity index is 577. The lowest BCUT2D eigenvalue weighted by Gasteiger charge is -2.60. The van der Waals surface area contributed by atoms with E-state index in [1.165, 1.54) is 57.8 Å². The topological polar surface area (TPSA) is 20.2 Å². The van der Waals surface area contributed by atoms with E-state index in [2.05, 4.69) is 40.7 Å². The van der Waals surface area contributed by atoms with Crippen LogP contribution in [-0.2, 0) is 0 Å². The van der Waals surface area contributed by atoms with Gasteiger partial charge in [0.2, 0.25) is 0 Å². The van der Waals surface area contributed by atoms with E-state index in [0.717, 1.165) is 41.9 Å². The molecule has 0 bridgehead atoms. The van der Waals surface area contributed by atoms with E-state index in [-0.39, 0.29) is 0 Å². The van der Waals surface area contributed by atoms with Crippen LogP contribution in [0.5, 0.6) is 0 Å². The predicted molar refractivity (Wildman–Crippen MR) is 115 cm³/mol. The maximum Gasteiger partial charge on any atom is 0.0886 e. The highest BCUT2D eigenvalue weighted by molar-refractivity contribution is 5.15. The Morgan fingerprint density at radius 2 is 1.67 bits per heavy atom. The maximum atomic E-state index is 10.1. The van der Waals surface area contributed by atoms with Crippen LogP contribution >= 0.6 is 0 Å². The van der Waals surface area contributed by atoms with Crippen molar-refractivity contribution < 1.29 is 5.11 Å². The predicted octanol–water partition coefficient (Wildman–Crippen LogP) is 7.77. The first-order chi connectivity index (χ1) is 12.8. The van der Waals surface area contributed by atoms with Gasteiger partial charge in [0, 0.05) is 6.42 Å². The SMILES string of the molecule is CC(C)CCC(C)[C@H]1CCC2C3CC[C@H]4C=C(O)CC[C@]4(C)C3CC[C@@]21C. The minimum Gasteiger partial charge on any atom is -0.513 e. The van der Waals surface area contributed by atoms with Gasteiger partial charge in [0.05, 0.1) is 5.76 Å². The molecule has 0 amide bonds. The number of fused-ring (bicyclic) bond motifs is 5. The Labute approximate surface area is 168 Å². The first kappa shape index (κ1) is 19.8. The lowest BCUT2D eigenvalue weighted by atomic mass is 9.45. The van der Waals surface area contributed by atoms with E-state index < -0.39 is 0 Å². The molecule has 0 radical (unpaired) electrons. The summed E-state index contributed by atoms with van der Waals surface area (Å²) in [5, 5.41) is 10.1. The lowest BCUT2D eigenvalue weighted by Crippen LogP contribution is -2.52. The third kappa shape index (κ3) is 3.20. The summed E-state index contributed by atoms with van der Waals surface area (Å²) in [6.45, 7) is 12.6. The van der Waals surface area contributed by atoms with Gasteiger partial charge in [-0.05, 0) is 103 Å². The Hall–Kier alpha value is -0.460. The van der Waals surface area contributed by atoms with Gasteiger partial charge in [0.25, 0.3) is 0 Å². The van der Waals surface area contributed by atoms with Crippen molar-refractivity contribution in [1.29, 1.82) is 0 Å². The van der Waals surface area contributed by atoms with E-state index in [1.807, 2.05) is 0 Å². The van der Waals surface area contributed by atoms with Crippen LogP contribution < -0.4 is 0 Å². The monoisotopic (exact) mass is 372 g/mol. The second kappa shape index (κ2) is 7.10. The minimum atomic E-state index is 0.456. The average Bonchev–Trinajstić information content (AvgIpc) is 2.97. The standard InChI is InChI=1S/C26H44O/c1-17(2)6-7-18(3)22-10-11-23-21-9-8-19-16-20(27)12-14-25(19,4)24(21)13-15-26(22,23)5/h16-19,21-24,27H,6-15H2,1-5H3/t18?,19-,21?,22+,23?,24?,25-,26+/m0/s1. The first-order valence-electron chi connectivity index (χ1n) is 12.2. The van der Waals surface area contributed by atoms with Crippen molar-refractivity contribution in [2.45, 2.75) is 98.8 Å². The van der Waals surface area contributed by atoms with E-state index >= 15 is 0 Å². The van der Waals surface area contributed by atoms with Crippen molar-refractivity contribution in [3.8, 4) is 0 Å². The quantitative estimate of drug-likeness (QED) is 0.534. The minimum absolute atomic E-state index is 0.456. The fraction of sp³-hybridized carbons (Fsp3) is 0.923. The molecule has 0 heterocycles. The second-order valence-corrected chi connectivity index (χ2v) is 11.9. The molecular formula is C26H44O. The number of hydrogen-bond acceptors (Lipinski definition) is 1. The molecule has 1 heteroatoms. The van der Waals surface area contributed by atoms with Crippen LogP contribution in [0.4, 0.5) is 0 Å². The van der Waals surface area contributed by atoms with Gasteiger partial charge in [0.15, 0.2) is 0 Å². The molecular weight excluding hydrogens is 328 g/mol. The highest BCUT2D eigenvalue weighted by Gasteiger charge is 2.60. The number of allylic oxidation sites excluding steroid dienone is 2. The number of aliphatic hydroxyl groups is 1. The van der Waals surface area contributed by atoms with Gasteiger partial charge in [-0.2, -0.15) is 0 Å². The highest BCUT2D eigenvalue weighted by Crippen LogP contribution is 2.68. The van der Waals surface area contributed by atoms with Crippen molar-refractivity contribution in [1.82, 2.24) is 0 Å². The molecule has 0 aliphatic heterocycles. The van der Waals surface area contributed by atoms with Gasteiger partial charge < -0.3 is 5.11 Å². The lowest BCUT2D eigenvalue weighted by molar-refractivity contribution is -0.0979. The van der Waals surface area contributed by atoms with Crippen LogP contribution in [0.15, 0.2) is 11.8 Å².